The summed E-state index contributed by atoms with van der Waals surface area (Å²) < 4.78 is 11.8. The van der Waals surface area contributed by atoms with Crippen molar-refractivity contribution in [1.82, 2.24) is 4.98 Å². The van der Waals surface area contributed by atoms with Gasteiger partial charge in [-0.2, -0.15) is 0 Å². The highest BCUT2D eigenvalue weighted by molar-refractivity contribution is 9.10. The fourth-order valence-corrected chi connectivity index (χ4v) is 4.60. The van der Waals surface area contributed by atoms with Crippen molar-refractivity contribution in [2.45, 2.75) is 33.3 Å². The van der Waals surface area contributed by atoms with Crippen molar-refractivity contribution in [2.24, 2.45) is 29.6 Å². The first kappa shape index (κ1) is 19.1. The second kappa shape index (κ2) is 7.91. The standard InChI is InChI=1S/C20H24BrNO4/c1-11-8-17-19(12(2)26-20(17)24)16(18(11)10-25-13(3)23)7-6-15-5-4-14(21)9-22-15/h4-7,9,11-12,16-19H,8,10H2,1-3H3/b7-6+/t11-,12+,16-,17+,18+,19-/m0/s1. The van der Waals surface area contributed by atoms with E-state index in [9.17, 15) is 9.59 Å². The zero-order valence-corrected chi connectivity index (χ0v) is 16.8. The highest BCUT2D eigenvalue weighted by Crippen LogP contribution is 2.49. The molecule has 0 radical (unpaired) electrons. The number of carbonyl (C=O) groups is 2. The molecule has 140 valence electrons. The first-order valence-electron chi connectivity index (χ1n) is 9.00. The van der Waals surface area contributed by atoms with E-state index >= 15 is 0 Å². The van der Waals surface area contributed by atoms with E-state index in [-0.39, 0.29) is 47.6 Å². The lowest BCUT2D eigenvalue weighted by Crippen LogP contribution is -2.42. The number of hydrogen-bond donors (Lipinski definition) is 0. The van der Waals surface area contributed by atoms with Crippen molar-refractivity contribution in [3.8, 4) is 0 Å². The van der Waals surface area contributed by atoms with Crippen LogP contribution in [-0.4, -0.2) is 29.6 Å². The molecule has 0 amide bonds. The molecule has 0 spiro atoms. The fourth-order valence-electron chi connectivity index (χ4n) is 4.36. The van der Waals surface area contributed by atoms with Gasteiger partial charge in [-0.3, -0.25) is 14.6 Å². The van der Waals surface area contributed by atoms with Crippen molar-refractivity contribution in [3.63, 3.8) is 0 Å². The normalized spacial score (nSPS) is 33.8. The Morgan fingerprint density at radius 1 is 1.42 bits per heavy atom. The second-order valence-electron chi connectivity index (χ2n) is 7.34. The van der Waals surface area contributed by atoms with Crippen LogP contribution in [0.5, 0.6) is 0 Å². The summed E-state index contributed by atoms with van der Waals surface area (Å²) in [4.78, 5) is 28.0. The van der Waals surface area contributed by atoms with Gasteiger partial charge in [-0.05, 0) is 59.3 Å². The van der Waals surface area contributed by atoms with Crippen LogP contribution in [0.1, 0.15) is 32.9 Å². The molecule has 2 aliphatic rings. The minimum absolute atomic E-state index is 0.0823. The SMILES string of the molecule is CC(=O)OC[C@H]1[C@H](/C=C/c2ccc(Br)cn2)[C@@H]2[C@@H](C)OC(=O)[C@@H]2C[C@@H]1C. The van der Waals surface area contributed by atoms with Crippen LogP contribution in [0.25, 0.3) is 6.08 Å². The largest absolute Gasteiger partial charge is 0.466 e. The van der Waals surface area contributed by atoms with Gasteiger partial charge in [0, 0.05) is 29.4 Å². The lowest BCUT2D eigenvalue weighted by atomic mass is 9.62. The van der Waals surface area contributed by atoms with E-state index < -0.39 is 0 Å². The molecular weight excluding hydrogens is 398 g/mol. The van der Waals surface area contributed by atoms with Gasteiger partial charge in [-0.1, -0.05) is 13.0 Å². The lowest BCUT2D eigenvalue weighted by Gasteiger charge is -2.41. The van der Waals surface area contributed by atoms with E-state index in [4.69, 9.17) is 9.47 Å². The summed E-state index contributed by atoms with van der Waals surface area (Å²) in [7, 11) is 0. The number of esters is 2. The highest BCUT2D eigenvalue weighted by Gasteiger charge is 2.52. The van der Waals surface area contributed by atoms with Gasteiger partial charge in [0.25, 0.3) is 0 Å². The van der Waals surface area contributed by atoms with Crippen LogP contribution in [0.3, 0.4) is 0 Å². The molecule has 1 aliphatic heterocycles. The molecule has 5 nitrogen and oxygen atoms in total. The van der Waals surface area contributed by atoms with Crippen molar-refractivity contribution in [1.29, 1.82) is 0 Å². The molecule has 6 atom stereocenters. The van der Waals surface area contributed by atoms with Gasteiger partial charge in [0.1, 0.15) is 6.10 Å². The van der Waals surface area contributed by atoms with E-state index in [0.29, 0.717) is 6.61 Å². The molecule has 1 aromatic heterocycles. The van der Waals surface area contributed by atoms with Gasteiger partial charge in [0.05, 0.1) is 18.2 Å². The van der Waals surface area contributed by atoms with Crippen molar-refractivity contribution in [2.75, 3.05) is 6.61 Å². The third-order valence-electron chi connectivity index (χ3n) is 5.63. The van der Waals surface area contributed by atoms with E-state index in [1.807, 2.05) is 25.1 Å². The zero-order chi connectivity index (χ0) is 18.8. The number of rotatable bonds is 4. The molecule has 1 aromatic rings. The average Bonchev–Trinajstić information content (AvgIpc) is 2.86. The summed E-state index contributed by atoms with van der Waals surface area (Å²) >= 11 is 3.39. The number of cyclic esters (lactones) is 1. The third kappa shape index (κ3) is 4.00. The number of ether oxygens (including phenoxy) is 2. The Balaban J connectivity index is 1.88. The minimum Gasteiger partial charge on any atom is -0.466 e. The number of aromatic nitrogens is 1. The number of fused-ring (bicyclic) bond motifs is 1. The van der Waals surface area contributed by atoms with E-state index in [2.05, 4.69) is 33.9 Å². The maximum absolute atomic E-state index is 12.2. The van der Waals surface area contributed by atoms with Crippen LogP contribution in [0.15, 0.2) is 28.9 Å². The summed E-state index contributed by atoms with van der Waals surface area (Å²) in [5, 5.41) is 0. The molecule has 1 aliphatic carbocycles. The Morgan fingerprint density at radius 3 is 2.85 bits per heavy atom. The summed E-state index contributed by atoms with van der Waals surface area (Å²) in [5.41, 5.74) is 0.854. The number of pyridine rings is 1. The summed E-state index contributed by atoms with van der Waals surface area (Å²) in [6, 6.07) is 3.88. The molecule has 0 N–H and O–H groups in total. The van der Waals surface area contributed by atoms with Gasteiger partial charge in [-0.25, -0.2) is 0 Å². The second-order valence-corrected chi connectivity index (χ2v) is 8.26. The quantitative estimate of drug-likeness (QED) is 0.690. The maximum atomic E-state index is 12.2. The van der Waals surface area contributed by atoms with Crippen LogP contribution in [-0.2, 0) is 19.1 Å². The fraction of sp³-hybridized carbons (Fsp3) is 0.550. The minimum atomic E-state index is -0.275. The summed E-state index contributed by atoms with van der Waals surface area (Å²) in [6.45, 7) is 5.88. The molecule has 2 heterocycles. The maximum Gasteiger partial charge on any atom is 0.309 e. The first-order valence-corrected chi connectivity index (χ1v) is 9.79. The Kier molecular flexibility index (Phi) is 5.80. The highest BCUT2D eigenvalue weighted by atomic mass is 79.9. The molecule has 0 aromatic carbocycles. The average molecular weight is 422 g/mol. The molecule has 1 saturated carbocycles. The van der Waals surface area contributed by atoms with Gasteiger partial charge in [0.15, 0.2) is 0 Å². The monoisotopic (exact) mass is 421 g/mol. The molecular formula is C20H24BrNO4. The number of hydrogen-bond acceptors (Lipinski definition) is 5. The smallest absolute Gasteiger partial charge is 0.309 e. The first-order chi connectivity index (χ1) is 12.4. The van der Waals surface area contributed by atoms with Gasteiger partial charge >= 0.3 is 11.9 Å². The molecule has 0 unspecified atom stereocenters. The molecule has 3 rings (SSSR count). The molecule has 6 heteroatoms. The topological polar surface area (TPSA) is 65.5 Å². The Hall–Kier alpha value is -1.69. The molecule has 2 fully saturated rings. The van der Waals surface area contributed by atoms with Crippen molar-refractivity contribution in [3.05, 3.63) is 34.6 Å². The Labute approximate surface area is 162 Å². The van der Waals surface area contributed by atoms with Gasteiger partial charge < -0.3 is 9.47 Å². The summed E-state index contributed by atoms with van der Waals surface area (Å²) in [6.07, 6.45) is 6.51. The van der Waals surface area contributed by atoms with E-state index in [1.165, 1.54) is 6.92 Å². The van der Waals surface area contributed by atoms with Crippen LogP contribution < -0.4 is 0 Å². The van der Waals surface area contributed by atoms with Gasteiger partial charge in [-0.15, -0.1) is 0 Å². The van der Waals surface area contributed by atoms with Crippen LogP contribution in [0.2, 0.25) is 0 Å². The van der Waals surface area contributed by atoms with Crippen molar-refractivity contribution < 1.29 is 19.1 Å². The number of halogens is 1. The zero-order valence-electron chi connectivity index (χ0n) is 15.2. The predicted molar refractivity (Wildman–Crippen MR) is 101 cm³/mol. The third-order valence-corrected chi connectivity index (χ3v) is 6.09. The molecule has 1 saturated heterocycles. The van der Waals surface area contributed by atoms with Crippen LogP contribution in [0, 0.1) is 29.6 Å². The van der Waals surface area contributed by atoms with Crippen molar-refractivity contribution >= 4 is 33.9 Å². The van der Waals surface area contributed by atoms with Gasteiger partial charge in [0.2, 0.25) is 0 Å². The Morgan fingerprint density at radius 2 is 2.19 bits per heavy atom. The number of nitrogens with zero attached hydrogens (tertiary/aromatic N) is 1. The number of allylic oxidation sites excluding steroid dienone is 1. The van der Waals surface area contributed by atoms with E-state index in [0.717, 1.165) is 16.6 Å². The van der Waals surface area contributed by atoms with Crippen LogP contribution >= 0.6 is 15.9 Å². The molecule has 0 bridgehead atoms. The predicted octanol–water partition coefficient (Wildman–Crippen LogP) is 3.87. The van der Waals surface area contributed by atoms with Crippen LogP contribution in [0.4, 0.5) is 0 Å². The Bertz CT molecular complexity index is 702. The summed E-state index contributed by atoms with van der Waals surface area (Å²) in [5.74, 6) is 0.163. The van der Waals surface area contributed by atoms with E-state index in [1.54, 1.807) is 6.20 Å². The number of carbonyl (C=O) groups excluding carboxylic acids is 2. The lowest BCUT2D eigenvalue weighted by molar-refractivity contribution is -0.146. The molecule has 26 heavy (non-hydrogen) atoms.